The van der Waals surface area contributed by atoms with Gasteiger partial charge in [0.25, 0.3) is 0 Å². The van der Waals surface area contributed by atoms with Gasteiger partial charge in [0.15, 0.2) is 0 Å². The van der Waals surface area contributed by atoms with Gasteiger partial charge in [0, 0.05) is 27.9 Å². The second kappa shape index (κ2) is 7.89. The van der Waals surface area contributed by atoms with Crippen molar-refractivity contribution in [3.8, 4) is 17.6 Å². The fourth-order valence-corrected chi connectivity index (χ4v) is 5.34. The zero-order chi connectivity index (χ0) is 24.3. The molecule has 1 amide bonds. The number of ether oxygens (including phenoxy) is 1. The highest BCUT2D eigenvalue weighted by atomic mass is 35.5. The van der Waals surface area contributed by atoms with Gasteiger partial charge in [-0.2, -0.15) is 5.26 Å². The molecule has 2 atom stereocenters. The van der Waals surface area contributed by atoms with Gasteiger partial charge in [-0.3, -0.25) is 9.47 Å². The van der Waals surface area contributed by atoms with Gasteiger partial charge in [-0.05, 0) is 12.5 Å². The number of aromatic hydroxyl groups is 1. The molecule has 1 unspecified atom stereocenters. The van der Waals surface area contributed by atoms with Crippen LogP contribution in [0.2, 0.25) is 5.02 Å². The van der Waals surface area contributed by atoms with Crippen LogP contribution < -0.4 is 5.69 Å². The number of hydrogen-bond acceptors (Lipinski definition) is 6. The topological polar surface area (TPSA) is 113 Å². The molecule has 4 aromatic rings. The molecule has 0 spiro atoms. The van der Waals surface area contributed by atoms with Gasteiger partial charge >= 0.3 is 11.8 Å². The minimum atomic E-state index is -0.534. The molecule has 174 valence electrons. The molecule has 0 saturated carbocycles. The number of rotatable bonds is 3. The predicted molar refractivity (Wildman–Crippen MR) is 126 cm³/mol. The van der Waals surface area contributed by atoms with E-state index in [0.29, 0.717) is 45.7 Å². The van der Waals surface area contributed by atoms with Gasteiger partial charge in [0.1, 0.15) is 24.1 Å². The summed E-state index contributed by atoms with van der Waals surface area (Å²) in [6, 6.07) is 15.5. The van der Waals surface area contributed by atoms with Crippen LogP contribution in [0.4, 0.5) is 4.79 Å². The summed E-state index contributed by atoms with van der Waals surface area (Å²) in [5, 5.41) is 22.3. The Labute approximate surface area is 204 Å². The number of nitrogens with zero attached hydrogens (tertiary/aromatic N) is 5. The maximum absolute atomic E-state index is 13.4. The number of aromatic nitrogens is 3. The first-order valence-corrected chi connectivity index (χ1v) is 11.4. The number of hydrogen-bond donors (Lipinski definition) is 1. The highest BCUT2D eigenvalue weighted by Gasteiger charge is 2.50. The number of carbonyl (C=O) groups excluding carboxylic acids is 1. The van der Waals surface area contributed by atoms with Crippen LogP contribution in [0.25, 0.3) is 16.5 Å². The van der Waals surface area contributed by atoms with E-state index in [0.717, 1.165) is 0 Å². The smallest absolute Gasteiger partial charge is 0.410 e. The van der Waals surface area contributed by atoms with Gasteiger partial charge in [-0.1, -0.05) is 54.1 Å². The van der Waals surface area contributed by atoms with Crippen LogP contribution in [0, 0.1) is 11.3 Å². The Hall–Kier alpha value is -4.29. The molecule has 2 aliphatic heterocycles. The van der Waals surface area contributed by atoms with Crippen molar-refractivity contribution in [1.82, 2.24) is 19.0 Å². The van der Waals surface area contributed by atoms with E-state index in [4.69, 9.17) is 16.3 Å². The highest BCUT2D eigenvalue weighted by molar-refractivity contribution is 6.31. The zero-order valence-electron chi connectivity index (χ0n) is 18.3. The maximum Gasteiger partial charge on any atom is 0.410 e. The standard InChI is InChI=1S/C25H18ClN5O4/c26-18-8-4-1-5-14(18)13-35-25(34)29-12-15-9-20(29)22-23(32)31(24(33)30(15)22)21-11-28-19(10-27)16-6-2-3-7-17(16)21/h1-8,11,15,20,32H,9,12-13H2/t15-,20?/m1/s1. The van der Waals surface area contributed by atoms with Crippen molar-refractivity contribution >= 4 is 28.5 Å². The number of fused-ring (bicyclic) bond motifs is 6. The Bertz CT molecular complexity index is 1620. The molecular formula is C25H18ClN5O4. The van der Waals surface area contributed by atoms with E-state index in [1.165, 1.54) is 15.7 Å². The van der Waals surface area contributed by atoms with Crippen LogP contribution in [-0.2, 0) is 11.3 Å². The van der Waals surface area contributed by atoms with Crippen LogP contribution in [0.15, 0.2) is 59.5 Å². The predicted octanol–water partition coefficient (Wildman–Crippen LogP) is 4.06. The van der Waals surface area contributed by atoms with Crippen LogP contribution >= 0.6 is 11.6 Å². The van der Waals surface area contributed by atoms with E-state index < -0.39 is 17.8 Å². The molecule has 0 radical (unpaired) electrons. The number of nitriles is 1. The highest BCUT2D eigenvalue weighted by Crippen LogP contribution is 2.49. The van der Waals surface area contributed by atoms with E-state index in [1.807, 2.05) is 6.07 Å². The molecule has 2 aromatic heterocycles. The molecule has 9 nitrogen and oxygen atoms in total. The lowest BCUT2D eigenvalue weighted by Gasteiger charge is -2.27. The van der Waals surface area contributed by atoms with E-state index in [9.17, 15) is 20.0 Å². The third-order valence-electron chi connectivity index (χ3n) is 6.72. The van der Waals surface area contributed by atoms with Gasteiger partial charge in [0.2, 0.25) is 5.88 Å². The number of halogens is 1. The third kappa shape index (κ3) is 3.11. The molecule has 2 aliphatic rings. The maximum atomic E-state index is 13.4. The van der Waals surface area contributed by atoms with Crippen LogP contribution in [-0.4, -0.2) is 36.8 Å². The van der Waals surface area contributed by atoms with Crippen molar-refractivity contribution in [2.45, 2.75) is 25.1 Å². The van der Waals surface area contributed by atoms with Crippen molar-refractivity contribution < 1.29 is 14.6 Å². The van der Waals surface area contributed by atoms with Gasteiger partial charge in [-0.15, -0.1) is 0 Å². The molecule has 6 rings (SSSR count). The second-order valence-electron chi connectivity index (χ2n) is 8.55. The number of likely N-dealkylation sites (tertiary alicyclic amines) is 1. The van der Waals surface area contributed by atoms with Crippen molar-refractivity contribution in [3.63, 3.8) is 0 Å². The molecule has 2 bridgehead atoms. The molecule has 4 heterocycles. The number of carbonyl (C=O) groups is 1. The number of benzene rings is 2. The summed E-state index contributed by atoms with van der Waals surface area (Å²) in [5.74, 6) is -0.247. The molecule has 35 heavy (non-hydrogen) atoms. The van der Waals surface area contributed by atoms with Crippen molar-refractivity contribution in [2.24, 2.45) is 0 Å². The summed E-state index contributed by atoms with van der Waals surface area (Å²) in [6.45, 7) is 0.323. The first kappa shape index (κ1) is 21.3. The molecule has 2 aromatic carbocycles. The fourth-order valence-electron chi connectivity index (χ4n) is 5.15. The number of amides is 1. The summed E-state index contributed by atoms with van der Waals surface area (Å²) in [7, 11) is 0. The second-order valence-corrected chi connectivity index (χ2v) is 8.96. The Morgan fingerprint density at radius 1 is 1.20 bits per heavy atom. The lowest BCUT2D eigenvalue weighted by atomic mass is 10.1. The Kier molecular flexibility index (Phi) is 4.79. The summed E-state index contributed by atoms with van der Waals surface area (Å²) < 4.78 is 8.24. The largest absolute Gasteiger partial charge is 0.493 e. The van der Waals surface area contributed by atoms with Crippen LogP contribution in [0.1, 0.15) is 35.5 Å². The molecule has 1 N–H and O–H groups in total. The van der Waals surface area contributed by atoms with Crippen molar-refractivity contribution in [1.29, 1.82) is 5.26 Å². The first-order chi connectivity index (χ1) is 17.0. The zero-order valence-corrected chi connectivity index (χ0v) is 19.0. The normalized spacial score (nSPS) is 18.0. The quantitative estimate of drug-likeness (QED) is 0.466. The van der Waals surface area contributed by atoms with E-state index in [1.54, 1.807) is 47.0 Å². The molecule has 0 aliphatic carbocycles. The lowest BCUT2D eigenvalue weighted by molar-refractivity contribution is 0.0870. The van der Waals surface area contributed by atoms with E-state index >= 15 is 0 Å². The lowest BCUT2D eigenvalue weighted by Crippen LogP contribution is -2.38. The summed E-state index contributed by atoms with van der Waals surface area (Å²) in [6.07, 6.45) is 1.40. The molecule has 1 saturated heterocycles. The average Bonchev–Trinajstić information content (AvgIpc) is 3.54. The Morgan fingerprint density at radius 3 is 2.71 bits per heavy atom. The Balaban J connectivity index is 1.36. The molecule has 1 fully saturated rings. The summed E-state index contributed by atoms with van der Waals surface area (Å²) in [4.78, 5) is 32.0. The summed E-state index contributed by atoms with van der Waals surface area (Å²) in [5.41, 5.74) is 1.26. The molecular weight excluding hydrogens is 470 g/mol. The van der Waals surface area contributed by atoms with Crippen molar-refractivity contribution in [2.75, 3.05) is 6.54 Å². The van der Waals surface area contributed by atoms with Crippen LogP contribution in [0.5, 0.6) is 5.88 Å². The number of pyridine rings is 1. The monoisotopic (exact) mass is 487 g/mol. The first-order valence-electron chi connectivity index (χ1n) is 11.0. The van der Waals surface area contributed by atoms with E-state index in [2.05, 4.69) is 11.1 Å². The fraction of sp³-hybridized carbons (Fsp3) is 0.200. The minimum Gasteiger partial charge on any atom is -0.493 e. The number of imidazole rings is 1. The van der Waals surface area contributed by atoms with Crippen molar-refractivity contribution in [3.05, 3.63) is 87.2 Å². The average molecular weight is 488 g/mol. The Morgan fingerprint density at radius 2 is 1.94 bits per heavy atom. The molecule has 10 heteroatoms. The third-order valence-corrected chi connectivity index (χ3v) is 7.09. The van der Waals surface area contributed by atoms with Crippen LogP contribution in [0.3, 0.4) is 0 Å². The summed E-state index contributed by atoms with van der Waals surface area (Å²) >= 11 is 6.16. The minimum absolute atomic E-state index is 0.0229. The van der Waals surface area contributed by atoms with Gasteiger partial charge in [-0.25, -0.2) is 19.1 Å². The van der Waals surface area contributed by atoms with Gasteiger partial charge < -0.3 is 9.84 Å². The van der Waals surface area contributed by atoms with Gasteiger partial charge in [0.05, 0.1) is 24.0 Å². The SMILES string of the molecule is N#Cc1ncc(-n2c(O)c3n(c2=O)[C@@H]2CC3N(C(=O)OCc3ccccc3Cl)C2)c2ccccc12. The van der Waals surface area contributed by atoms with E-state index in [-0.39, 0.29) is 24.2 Å².